The summed E-state index contributed by atoms with van der Waals surface area (Å²) in [5.41, 5.74) is 1.38. The van der Waals surface area contributed by atoms with E-state index >= 15 is 0 Å². The van der Waals surface area contributed by atoms with Crippen molar-refractivity contribution < 1.29 is 9.90 Å². The molecule has 94 valence electrons. The molecule has 0 radical (unpaired) electrons. The fraction of sp³-hybridized carbons (Fsp3) is 0. The second-order valence-electron chi connectivity index (χ2n) is 4.11. The molecule has 0 atom stereocenters. The molecule has 0 aliphatic heterocycles. The van der Waals surface area contributed by atoms with Gasteiger partial charge in [0.25, 0.3) is 0 Å². The molecule has 19 heavy (non-hydrogen) atoms. The smallest absolute Gasteiger partial charge is 0.340 e. The Morgan fingerprint density at radius 2 is 1.63 bits per heavy atom. The van der Waals surface area contributed by atoms with Crippen molar-refractivity contribution in [3.8, 4) is 0 Å². The number of carboxylic acids is 1. The summed E-state index contributed by atoms with van der Waals surface area (Å²) >= 11 is 0. The van der Waals surface area contributed by atoms with Gasteiger partial charge in [-0.1, -0.05) is 24.3 Å². The first-order chi connectivity index (χ1) is 9.08. The quantitative estimate of drug-likeness (QED) is 0.677. The van der Waals surface area contributed by atoms with E-state index in [0.717, 1.165) is 15.4 Å². The molecule has 3 rings (SSSR count). The summed E-state index contributed by atoms with van der Waals surface area (Å²) in [6.07, 6.45) is 0. The van der Waals surface area contributed by atoms with Gasteiger partial charge in [-0.05, 0) is 22.9 Å². The normalized spacial score (nSPS) is 10.9. The van der Waals surface area contributed by atoms with Gasteiger partial charge in [0.15, 0.2) is 0 Å². The molecule has 1 heterocycles. The summed E-state index contributed by atoms with van der Waals surface area (Å²) in [6.45, 7) is 0. The highest BCUT2D eigenvalue weighted by Crippen LogP contribution is 2.24. The van der Waals surface area contributed by atoms with Crippen LogP contribution in [-0.2, 0) is 0 Å². The number of benzene rings is 2. The van der Waals surface area contributed by atoms with Crippen LogP contribution in [0.4, 0.5) is 5.69 Å². The number of rotatable bonds is 3. The van der Waals surface area contributed by atoms with Crippen LogP contribution >= 0.6 is 0 Å². The second-order valence-corrected chi connectivity index (χ2v) is 4.11. The third kappa shape index (κ3) is 1.79. The molecule has 0 aliphatic rings. The summed E-state index contributed by atoms with van der Waals surface area (Å²) in [7, 11) is 0. The summed E-state index contributed by atoms with van der Waals surface area (Å²) < 4.78 is 0.774. The molecule has 0 saturated heterocycles. The van der Waals surface area contributed by atoms with Gasteiger partial charge in [0.2, 0.25) is 0 Å². The van der Waals surface area contributed by atoms with E-state index in [1.165, 1.54) is 6.07 Å². The van der Waals surface area contributed by atoms with Gasteiger partial charge in [-0.15, -0.1) is 0 Å². The Bertz CT molecular complexity index is 846. The average Bonchev–Trinajstić information content (AvgIpc) is 2.96. The molecular weight excluding hydrogens is 248 g/mol. The maximum absolute atomic E-state index is 11.2. The minimum absolute atomic E-state index is 0.00574. The average molecular weight is 256 g/mol. The van der Waals surface area contributed by atoms with E-state index < -0.39 is 17.1 Å². The number of nitrogens with zero attached hydrogens (tertiary/aromatic N) is 1. The fourth-order valence-electron chi connectivity index (χ4n) is 1.87. The van der Waals surface area contributed by atoms with Gasteiger partial charge in [0.05, 0.1) is 11.3 Å². The van der Waals surface area contributed by atoms with Gasteiger partial charge in [-0.3, -0.25) is 15.0 Å². The Morgan fingerprint density at radius 1 is 1.05 bits per heavy atom. The predicted octanol–water partition coefficient (Wildman–Crippen LogP) is 0.811. The predicted molar refractivity (Wildman–Crippen MR) is 69.3 cm³/mol. The molecule has 0 spiro atoms. The molecule has 0 bridgehead atoms. The highest BCUT2D eigenvalue weighted by Gasteiger charge is 2.19. The van der Waals surface area contributed by atoms with Gasteiger partial charge < -0.3 is 5.11 Å². The lowest BCUT2D eigenvalue weighted by atomic mass is 10.1. The van der Waals surface area contributed by atoms with E-state index in [2.05, 4.69) is 5.43 Å². The van der Waals surface area contributed by atoms with Crippen LogP contribution in [0.25, 0.3) is 10.8 Å². The van der Waals surface area contributed by atoms with Gasteiger partial charge >= 0.3 is 17.1 Å². The standard InChI is InChI=1S/C13H8N2O4/c16-11-12(17)15(11)14-10-6-8-4-2-1-3-7(8)5-9(10)13(18)19/h1-6,14H,(H,18,19). The van der Waals surface area contributed by atoms with E-state index in [-0.39, 0.29) is 11.3 Å². The Hall–Kier alpha value is -2.89. The van der Waals surface area contributed by atoms with Crippen molar-refractivity contribution in [2.45, 2.75) is 0 Å². The van der Waals surface area contributed by atoms with Crippen LogP contribution < -0.4 is 16.5 Å². The molecule has 6 nitrogen and oxygen atoms in total. The van der Waals surface area contributed by atoms with Crippen molar-refractivity contribution in [2.75, 3.05) is 5.43 Å². The first-order valence-electron chi connectivity index (χ1n) is 5.49. The van der Waals surface area contributed by atoms with E-state index in [1.807, 2.05) is 12.1 Å². The van der Waals surface area contributed by atoms with Crippen molar-refractivity contribution >= 4 is 22.4 Å². The number of carboxylic acid groups (broad SMARTS) is 1. The Kier molecular flexibility index (Phi) is 2.25. The Labute approximate surface area is 106 Å². The van der Waals surface area contributed by atoms with Crippen LogP contribution in [0.15, 0.2) is 46.0 Å². The third-order valence-electron chi connectivity index (χ3n) is 2.89. The van der Waals surface area contributed by atoms with Crippen LogP contribution in [0.5, 0.6) is 0 Å². The van der Waals surface area contributed by atoms with Gasteiger partial charge in [0.1, 0.15) is 0 Å². The lowest BCUT2D eigenvalue weighted by Gasteiger charge is -2.08. The Morgan fingerprint density at radius 3 is 2.16 bits per heavy atom. The topological polar surface area (TPSA) is 88.4 Å². The van der Waals surface area contributed by atoms with Crippen LogP contribution in [0.2, 0.25) is 0 Å². The number of aromatic carboxylic acids is 1. The number of hydrogen-bond acceptors (Lipinski definition) is 4. The van der Waals surface area contributed by atoms with Crippen molar-refractivity contribution in [1.29, 1.82) is 0 Å². The number of fused-ring (bicyclic) bond motifs is 1. The SMILES string of the molecule is O=C(O)c1cc2ccccc2cc1Nn1c(=O)c1=O. The van der Waals surface area contributed by atoms with Crippen LogP contribution in [0, 0.1) is 0 Å². The Balaban J connectivity index is 2.18. The zero-order valence-electron chi connectivity index (χ0n) is 9.58. The molecule has 2 N–H and O–H groups in total. The molecule has 0 fully saturated rings. The minimum Gasteiger partial charge on any atom is -0.478 e. The van der Waals surface area contributed by atoms with E-state index in [9.17, 15) is 14.4 Å². The summed E-state index contributed by atoms with van der Waals surface area (Å²) in [6, 6.07) is 10.3. The summed E-state index contributed by atoms with van der Waals surface area (Å²) in [4.78, 5) is 33.1. The van der Waals surface area contributed by atoms with Gasteiger partial charge in [0, 0.05) is 0 Å². The van der Waals surface area contributed by atoms with E-state index in [0.29, 0.717) is 0 Å². The van der Waals surface area contributed by atoms with Crippen LogP contribution in [0.1, 0.15) is 10.4 Å². The van der Waals surface area contributed by atoms with Crippen LogP contribution in [-0.4, -0.2) is 15.8 Å². The fourth-order valence-corrected chi connectivity index (χ4v) is 1.87. The maximum Gasteiger partial charge on any atom is 0.340 e. The number of nitrogens with one attached hydrogen (secondary N) is 1. The number of carbonyl (C=O) groups is 1. The van der Waals surface area contributed by atoms with Crippen molar-refractivity contribution in [3.05, 3.63) is 62.7 Å². The largest absolute Gasteiger partial charge is 0.478 e. The van der Waals surface area contributed by atoms with Gasteiger partial charge in [-0.25, -0.2) is 4.79 Å². The minimum atomic E-state index is -1.13. The molecule has 2 aromatic carbocycles. The number of hydrogen-bond donors (Lipinski definition) is 2. The molecule has 0 aliphatic carbocycles. The summed E-state index contributed by atoms with van der Waals surface area (Å²) in [5.74, 6) is -1.13. The molecule has 3 aromatic rings. The third-order valence-corrected chi connectivity index (χ3v) is 2.89. The van der Waals surface area contributed by atoms with Crippen molar-refractivity contribution in [1.82, 2.24) is 4.68 Å². The highest BCUT2D eigenvalue weighted by atomic mass is 16.4. The van der Waals surface area contributed by atoms with Crippen molar-refractivity contribution in [3.63, 3.8) is 0 Å². The van der Waals surface area contributed by atoms with E-state index in [4.69, 9.17) is 5.11 Å². The lowest BCUT2D eigenvalue weighted by Crippen LogP contribution is -2.11. The zero-order valence-corrected chi connectivity index (χ0v) is 9.58. The summed E-state index contributed by atoms with van der Waals surface area (Å²) in [5, 5.41) is 10.8. The van der Waals surface area contributed by atoms with Gasteiger partial charge in [-0.2, -0.15) is 4.68 Å². The number of anilines is 1. The molecule has 6 heteroatoms. The monoisotopic (exact) mass is 256 g/mol. The molecule has 1 aromatic heterocycles. The maximum atomic E-state index is 11.2. The molecular formula is C13H8N2O4. The molecule has 0 saturated carbocycles. The first kappa shape index (κ1) is 11.2. The highest BCUT2D eigenvalue weighted by molar-refractivity contribution is 6.00. The second kappa shape index (κ2) is 3.81. The number of aromatic nitrogens is 1. The van der Waals surface area contributed by atoms with E-state index in [1.54, 1.807) is 18.2 Å². The molecule has 0 amide bonds. The first-order valence-corrected chi connectivity index (χ1v) is 5.49. The zero-order chi connectivity index (χ0) is 13.6. The van der Waals surface area contributed by atoms with Crippen LogP contribution in [0.3, 0.4) is 0 Å². The molecule has 0 unspecified atom stereocenters. The van der Waals surface area contributed by atoms with Crippen molar-refractivity contribution in [2.24, 2.45) is 0 Å². The lowest BCUT2D eigenvalue weighted by molar-refractivity contribution is 0.0698.